The minimum absolute atomic E-state index is 0.154. The summed E-state index contributed by atoms with van der Waals surface area (Å²) in [6.07, 6.45) is 4.43. The van der Waals surface area contributed by atoms with Gasteiger partial charge in [0.2, 0.25) is 11.8 Å². The lowest BCUT2D eigenvalue weighted by molar-refractivity contribution is -0.115. The van der Waals surface area contributed by atoms with Gasteiger partial charge in [0, 0.05) is 12.3 Å². The highest BCUT2D eigenvalue weighted by molar-refractivity contribution is 5.95. The van der Waals surface area contributed by atoms with Crippen LogP contribution in [-0.2, 0) is 21.5 Å². The number of carbonyl (C=O) groups is 2. The first-order valence-electron chi connectivity index (χ1n) is 10.8. The first kappa shape index (κ1) is 23.8. The molecule has 2 aromatic carbocycles. The third kappa shape index (κ3) is 5.43. The van der Waals surface area contributed by atoms with Crippen molar-refractivity contribution in [1.29, 1.82) is 0 Å². The van der Waals surface area contributed by atoms with Gasteiger partial charge in [-0.05, 0) is 50.6 Å². The van der Waals surface area contributed by atoms with E-state index in [1.165, 1.54) is 25.6 Å². The van der Waals surface area contributed by atoms with E-state index in [2.05, 4.69) is 20.4 Å². The summed E-state index contributed by atoms with van der Waals surface area (Å²) in [5.74, 6) is -1.15. The average molecular weight is 477 g/mol. The van der Waals surface area contributed by atoms with Gasteiger partial charge >= 0.3 is 5.97 Å². The molecule has 2 heterocycles. The zero-order valence-corrected chi connectivity index (χ0v) is 19.7. The molecule has 0 bridgehead atoms. The second-order valence-corrected chi connectivity index (χ2v) is 8.83. The van der Waals surface area contributed by atoms with Gasteiger partial charge in [0.15, 0.2) is 0 Å². The van der Waals surface area contributed by atoms with Crippen LogP contribution in [0.15, 0.2) is 55.1 Å². The maximum absolute atomic E-state index is 14.8. The molecule has 0 radical (unpaired) electrons. The van der Waals surface area contributed by atoms with Crippen molar-refractivity contribution in [3.8, 4) is 11.6 Å². The molecule has 4 rings (SSSR count). The summed E-state index contributed by atoms with van der Waals surface area (Å²) in [4.78, 5) is 32.6. The first-order valence-corrected chi connectivity index (χ1v) is 10.8. The summed E-state index contributed by atoms with van der Waals surface area (Å²) in [6.45, 7) is 5.98. The number of hydrogen-bond donors (Lipinski definition) is 1. The smallest absolute Gasteiger partial charge is 0.337 e. The third-order valence-electron chi connectivity index (χ3n) is 5.16. The Labute approximate surface area is 200 Å². The molecule has 0 aliphatic carbocycles. The number of halogens is 1. The van der Waals surface area contributed by atoms with Crippen molar-refractivity contribution in [2.24, 2.45) is 0 Å². The molecule has 0 aliphatic heterocycles. The van der Waals surface area contributed by atoms with Crippen LogP contribution in [0.4, 0.5) is 10.1 Å². The molecule has 35 heavy (non-hydrogen) atoms. The number of anilines is 1. The number of hydrogen-bond acceptors (Lipinski definition) is 7. The standard InChI is InChI=1S/C25H24FN5O4/c1-25(2,3)31-13-17(12-29-31)30-22(32)10-15-5-7-18(11-20(15)26)35-23-19-9-16(24(33)34-4)6-8-21(19)27-14-28-23/h5-9,11-14H,10H2,1-4H3,(H,30,32). The summed E-state index contributed by atoms with van der Waals surface area (Å²) in [5, 5.41) is 7.43. The van der Waals surface area contributed by atoms with Crippen LogP contribution in [0.3, 0.4) is 0 Å². The van der Waals surface area contributed by atoms with Gasteiger partial charge in [-0.3, -0.25) is 9.48 Å². The van der Waals surface area contributed by atoms with Crippen LogP contribution >= 0.6 is 0 Å². The van der Waals surface area contributed by atoms with Crippen LogP contribution in [0.25, 0.3) is 10.9 Å². The van der Waals surface area contributed by atoms with E-state index < -0.39 is 11.8 Å². The summed E-state index contributed by atoms with van der Waals surface area (Å²) in [6, 6.07) is 8.97. The van der Waals surface area contributed by atoms with Crippen LogP contribution in [0.5, 0.6) is 11.6 Å². The fourth-order valence-electron chi connectivity index (χ4n) is 3.34. The van der Waals surface area contributed by atoms with Crippen molar-refractivity contribution in [3.05, 3.63) is 72.1 Å². The second kappa shape index (κ2) is 9.49. The monoisotopic (exact) mass is 477 g/mol. The summed E-state index contributed by atoms with van der Waals surface area (Å²) in [7, 11) is 1.29. The highest BCUT2D eigenvalue weighted by Gasteiger charge is 2.16. The highest BCUT2D eigenvalue weighted by atomic mass is 19.1. The zero-order valence-electron chi connectivity index (χ0n) is 19.7. The van der Waals surface area contributed by atoms with Crippen LogP contribution in [0, 0.1) is 5.82 Å². The van der Waals surface area contributed by atoms with Crippen LogP contribution < -0.4 is 10.1 Å². The minimum atomic E-state index is -0.600. The summed E-state index contributed by atoms with van der Waals surface area (Å²) >= 11 is 0. The lowest BCUT2D eigenvalue weighted by atomic mass is 10.1. The predicted molar refractivity (Wildman–Crippen MR) is 127 cm³/mol. The topological polar surface area (TPSA) is 108 Å². The minimum Gasteiger partial charge on any atom is -0.465 e. The molecule has 0 unspecified atom stereocenters. The number of amides is 1. The Hall–Kier alpha value is -4.34. The maximum atomic E-state index is 14.8. The van der Waals surface area contributed by atoms with E-state index in [0.717, 1.165) is 0 Å². The van der Waals surface area contributed by atoms with Crippen molar-refractivity contribution in [2.75, 3.05) is 12.4 Å². The lowest BCUT2D eigenvalue weighted by Crippen LogP contribution is -2.22. The molecular formula is C25H24FN5O4. The number of carbonyl (C=O) groups excluding carboxylic acids is 2. The maximum Gasteiger partial charge on any atom is 0.337 e. The number of fused-ring (bicyclic) bond motifs is 1. The number of benzene rings is 2. The van der Waals surface area contributed by atoms with E-state index in [4.69, 9.17) is 9.47 Å². The molecule has 0 atom stereocenters. The van der Waals surface area contributed by atoms with Gasteiger partial charge in [0.25, 0.3) is 0 Å². The van der Waals surface area contributed by atoms with Gasteiger partial charge < -0.3 is 14.8 Å². The van der Waals surface area contributed by atoms with Gasteiger partial charge in [-0.2, -0.15) is 5.10 Å². The first-order chi connectivity index (χ1) is 16.6. The quantitative estimate of drug-likeness (QED) is 0.408. The largest absolute Gasteiger partial charge is 0.465 e. The van der Waals surface area contributed by atoms with E-state index in [-0.39, 0.29) is 35.1 Å². The van der Waals surface area contributed by atoms with E-state index >= 15 is 0 Å². The molecule has 9 nitrogen and oxygen atoms in total. The fourth-order valence-corrected chi connectivity index (χ4v) is 3.34. The molecule has 1 N–H and O–H groups in total. The van der Waals surface area contributed by atoms with Crippen molar-refractivity contribution >= 4 is 28.5 Å². The van der Waals surface area contributed by atoms with Gasteiger partial charge in [-0.25, -0.2) is 19.2 Å². The molecule has 1 amide bonds. The van der Waals surface area contributed by atoms with Crippen LogP contribution in [0.2, 0.25) is 0 Å². The fraction of sp³-hybridized carbons (Fsp3) is 0.240. The molecule has 2 aromatic heterocycles. The molecule has 0 fully saturated rings. The molecule has 10 heteroatoms. The number of rotatable bonds is 6. The molecule has 0 spiro atoms. The molecule has 4 aromatic rings. The van der Waals surface area contributed by atoms with E-state index in [9.17, 15) is 14.0 Å². The molecule has 0 aliphatic rings. The SMILES string of the molecule is COC(=O)c1ccc2ncnc(Oc3ccc(CC(=O)Nc4cnn(C(C)(C)C)c4)c(F)c3)c2c1. The Morgan fingerprint density at radius 3 is 2.60 bits per heavy atom. The van der Waals surface area contributed by atoms with Crippen LogP contribution in [0.1, 0.15) is 36.7 Å². The van der Waals surface area contributed by atoms with Crippen molar-refractivity contribution in [2.45, 2.75) is 32.7 Å². The van der Waals surface area contributed by atoms with Gasteiger partial charge in [0.1, 0.15) is 17.9 Å². The van der Waals surface area contributed by atoms with Crippen molar-refractivity contribution in [3.63, 3.8) is 0 Å². The van der Waals surface area contributed by atoms with E-state index in [0.29, 0.717) is 22.2 Å². The Bertz CT molecular complexity index is 1410. The number of methoxy groups -OCH3 is 1. The summed E-state index contributed by atoms with van der Waals surface area (Å²) in [5.41, 5.74) is 1.37. The van der Waals surface area contributed by atoms with Gasteiger partial charge in [0.05, 0.1) is 47.4 Å². The summed E-state index contributed by atoms with van der Waals surface area (Å²) < 4.78 is 27.0. The number of aromatic nitrogens is 4. The van der Waals surface area contributed by atoms with Crippen molar-refractivity contribution < 1.29 is 23.5 Å². The number of nitrogens with one attached hydrogen (secondary N) is 1. The average Bonchev–Trinajstić information content (AvgIpc) is 3.29. The predicted octanol–water partition coefficient (Wildman–Crippen LogP) is 4.48. The number of esters is 1. The number of ether oxygens (including phenoxy) is 2. The lowest BCUT2D eigenvalue weighted by Gasteiger charge is -2.18. The Morgan fingerprint density at radius 1 is 1.11 bits per heavy atom. The third-order valence-corrected chi connectivity index (χ3v) is 5.16. The Balaban J connectivity index is 1.48. The molecule has 0 saturated carbocycles. The molecule has 0 saturated heterocycles. The van der Waals surface area contributed by atoms with E-state index in [1.807, 2.05) is 20.8 Å². The molecular weight excluding hydrogens is 453 g/mol. The van der Waals surface area contributed by atoms with Crippen LogP contribution in [-0.4, -0.2) is 38.7 Å². The Kier molecular flexibility index (Phi) is 6.46. The molecule has 180 valence electrons. The highest BCUT2D eigenvalue weighted by Crippen LogP contribution is 2.29. The van der Waals surface area contributed by atoms with E-state index in [1.54, 1.807) is 41.3 Å². The van der Waals surface area contributed by atoms with Crippen molar-refractivity contribution in [1.82, 2.24) is 19.7 Å². The van der Waals surface area contributed by atoms with Gasteiger partial charge in [-0.1, -0.05) is 6.07 Å². The normalized spacial score (nSPS) is 11.3. The number of nitrogens with zero attached hydrogens (tertiary/aromatic N) is 4. The zero-order chi connectivity index (χ0) is 25.2. The Morgan fingerprint density at radius 2 is 1.91 bits per heavy atom. The van der Waals surface area contributed by atoms with Gasteiger partial charge in [-0.15, -0.1) is 0 Å². The second-order valence-electron chi connectivity index (χ2n) is 8.83.